The largest absolute Gasteiger partial charge is 0.497 e. The summed E-state index contributed by atoms with van der Waals surface area (Å²) in [5, 5.41) is 1.52. The molecule has 5 nitrogen and oxygen atoms in total. The van der Waals surface area contributed by atoms with E-state index in [2.05, 4.69) is 30.3 Å². The van der Waals surface area contributed by atoms with Crippen molar-refractivity contribution in [2.45, 2.75) is 24.7 Å². The molecule has 0 radical (unpaired) electrons. The molecular weight excluding hydrogens is 426 g/mol. The van der Waals surface area contributed by atoms with Crippen LogP contribution in [0.3, 0.4) is 0 Å². The summed E-state index contributed by atoms with van der Waals surface area (Å²) in [6, 6.07) is 18.2. The average Bonchev–Trinajstić information content (AvgIpc) is 3.17. The number of methoxy groups -OCH3 is 1. The fourth-order valence-electron chi connectivity index (χ4n) is 4.29. The van der Waals surface area contributed by atoms with Gasteiger partial charge in [0, 0.05) is 12.0 Å². The van der Waals surface area contributed by atoms with Crippen molar-refractivity contribution >= 4 is 33.3 Å². The zero-order chi connectivity index (χ0) is 21.4. The second kappa shape index (κ2) is 8.49. The fourth-order valence-corrected chi connectivity index (χ4v) is 6.18. The molecule has 0 saturated heterocycles. The van der Waals surface area contributed by atoms with Crippen molar-refractivity contribution in [3.63, 3.8) is 0 Å². The number of rotatable bonds is 5. The Balaban J connectivity index is 1.55. The Labute approximate surface area is 189 Å². The number of nitrogens with one attached hydrogen (secondary N) is 1. The maximum Gasteiger partial charge on any atom is 0.267 e. The molecule has 3 heterocycles. The molecule has 1 atom stereocenters. The van der Waals surface area contributed by atoms with Crippen LogP contribution in [0.1, 0.15) is 16.0 Å². The Bertz CT molecular complexity index is 1280. The van der Waals surface area contributed by atoms with Gasteiger partial charge in [-0.25, -0.2) is 4.98 Å². The second-order valence-corrected chi connectivity index (χ2v) is 9.57. The summed E-state index contributed by atoms with van der Waals surface area (Å²) in [7, 11) is 1.64. The molecule has 5 rings (SSSR count). The van der Waals surface area contributed by atoms with E-state index in [9.17, 15) is 4.79 Å². The van der Waals surface area contributed by atoms with Gasteiger partial charge in [0.15, 0.2) is 5.16 Å². The monoisotopic (exact) mass is 450 g/mol. The van der Waals surface area contributed by atoms with Gasteiger partial charge in [-0.05, 0) is 36.1 Å². The number of quaternary nitrogens is 1. The molecule has 4 aromatic rings. The number of thiophene rings is 1. The first-order chi connectivity index (χ1) is 15.2. The van der Waals surface area contributed by atoms with Crippen LogP contribution in [0.5, 0.6) is 5.75 Å². The Morgan fingerprint density at radius 3 is 2.65 bits per heavy atom. The molecule has 2 aromatic carbocycles. The van der Waals surface area contributed by atoms with E-state index < -0.39 is 0 Å². The Morgan fingerprint density at radius 2 is 1.94 bits per heavy atom. The van der Waals surface area contributed by atoms with E-state index in [4.69, 9.17) is 9.72 Å². The summed E-state index contributed by atoms with van der Waals surface area (Å²) in [6.07, 6.45) is 2.88. The van der Waals surface area contributed by atoms with Crippen molar-refractivity contribution in [2.75, 3.05) is 19.9 Å². The smallest absolute Gasteiger partial charge is 0.267 e. The van der Waals surface area contributed by atoms with Crippen molar-refractivity contribution in [1.82, 2.24) is 9.55 Å². The molecule has 31 heavy (non-hydrogen) atoms. The molecule has 0 spiro atoms. The standard InChI is InChI=1S/C24H23N3O2S2/c1-29-18-10-8-17(9-11-18)27-23(28)21-19-12-13-26(14-16-6-4-3-5-7-16)15-20(19)31-22(21)25-24(27)30-2/h3-11H,12-15H2,1-2H3/p+1. The second-order valence-electron chi connectivity index (χ2n) is 7.71. The van der Waals surface area contributed by atoms with Crippen LogP contribution in [-0.4, -0.2) is 29.5 Å². The van der Waals surface area contributed by atoms with Crippen LogP contribution in [-0.2, 0) is 19.5 Å². The van der Waals surface area contributed by atoms with Gasteiger partial charge in [0.2, 0.25) is 0 Å². The maximum atomic E-state index is 13.6. The number of hydrogen-bond donors (Lipinski definition) is 1. The highest BCUT2D eigenvalue weighted by atomic mass is 32.2. The van der Waals surface area contributed by atoms with E-state index in [-0.39, 0.29) is 5.56 Å². The van der Waals surface area contributed by atoms with E-state index in [1.807, 2.05) is 30.5 Å². The van der Waals surface area contributed by atoms with Crippen molar-refractivity contribution in [3.8, 4) is 11.4 Å². The maximum absolute atomic E-state index is 13.6. The van der Waals surface area contributed by atoms with Gasteiger partial charge in [0.05, 0.1) is 29.6 Å². The van der Waals surface area contributed by atoms with Gasteiger partial charge in [-0.2, -0.15) is 0 Å². The highest BCUT2D eigenvalue weighted by Gasteiger charge is 2.27. The van der Waals surface area contributed by atoms with Crippen LogP contribution >= 0.6 is 23.1 Å². The van der Waals surface area contributed by atoms with Gasteiger partial charge in [-0.3, -0.25) is 9.36 Å². The molecule has 1 aliphatic rings. The SMILES string of the molecule is COc1ccc(-n2c(SC)nc3sc4c(c3c2=O)CC[NH+](Cc2ccccc2)C4)cc1. The van der Waals surface area contributed by atoms with Crippen LogP contribution in [0.15, 0.2) is 64.5 Å². The lowest BCUT2D eigenvalue weighted by atomic mass is 10.0. The highest BCUT2D eigenvalue weighted by Crippen LogP contribution is 2.31. The molecular formula is C24H24N3O2S2+. The van der Waals surface area contributed by atoms with Gasteiger partial charge in [-0.15, -0.1) is 11.3 Å². The van der Waals surface area contributed by atoms with Crippen LogP contribution in [0.2, 0.25) is 0 Å². The molecule has 1 N–H and O–H groups in total. The van der Waals surface area contributed by atoms with Gasteiger partial charge >= 0.3 is 0 Å². The quantitative estimate of drug-likeness (QED) is 0.374. The summed E-state index contributed by atoms with van der Waals surface area (Å²) in [5.41, 5.74) is 3.40. The van der Waals surface area contributed by atoms with Crippen molar-refractivity contribution in [3.05, 3.63) is 81.0 Å². The Morgan fingerprint density at radius 1 is 1.16 bits per heavy atom. The number of ether oxygens (including phenoxy) is 1. The number of benzene rings is 2. The topological polar surface area (TPSA) is 48.6 Å². The highest BCUT2D eigenvalue weighted by molar-refractivity contribution is 7.98. The number of aromatic nitrogens is 2. The lowest BCUT2D eigenvalue weighted by Crippen LogP contribution is -3.10. The third-order valence-electron chi connectivity index (χ3n) is 5.83. The third-order valence-corrected chi connectivity index (χ3v) is 7.59. The average molecular weight is 451 g/mol. The zero-order valence-corrected chi connectivity index (χ0v) is 19.2. The molecule has 0 saturated carbocycles. The van der Waals surface area contributed by atoms with Gasteiger partial charge in [0.25, 0.3) is 5.56 Å². The lowest BCUT2D eigenvalue weighted by molar-refractivity contribution is -0.929. The Hall–Kier alpha value is -2.61. The predicted molar refractivity (Wildman–Crippen MR) is 127 cm³/mol. The van der Waals surface area contributed by atoms with Crippen LogP contribution < -0.4 is 15.2 Å². The van der Waals surface area contributed by atoms with E-state index in [0.29, 0.717) is 0 Å². The van der Waals surface area contributed by atoms with Crippen molar-refractivity contribution < 1.29 is 9.64 Å². The van der Waals surface area contributed by atoms with E-state index >= 15 is 0 Å². The minimum absolute atomic E-state index is 0.0310. The molecule has 0 fully saturated rings. The molecule has 2 aromatic heterocycles. The number of thioether (sulfide) groups is 1. The van der Waals surface area contributed by atoms with Crippen LogP contribution in [0.4, 0.5) is 0 Å². The minimum atomic E-state index is 0.0310. The van der Waals surface area contributed by atoms with Crippen LogP contribution in [0.25, 0.3) is 15.9 Å². The van der Waals surface area contributed by atoms with Gasteiger partial charge in [-0.1, -0.05) is 42.1 Å². The first kappa shape index (κ1) is 20.3. The van der Waals surface area contributed by atoms with E-state index in [1.54, 1.807) is 23.0 Å². The van der Waals surface area contributed by atoms with Crippen LogP contribution in [0, 0.1) is 0 Å². The predicted octanol–water partition coefficient (Wildman–Crippen LogP) is 3.32. The number of nitrogens with zero attached hydrogens (tertiary/aromatic N) is 2. The third kappa shape index (κ3) is 3.78. The van der Waals surface area contributed by atoms with E-state index in [0.717, 1.165) is 52.9 Å². The Kier molecular flexibility index (Phi) is 5.56. The summed E-state index contributed by atoms with van der Waals surface area (Å²) in [4.78, 5) is 22.2. The molecule has 1 unspecified atom stereocenters. The summed E-state index contributed by atoms with van der Waals surface area (Å²) in [6.45, 7) is 2.98. The van der Waals surface area contributed by atoms with Crippen molar-refractivity contribution in [2.24, 2.45) is 0 Å². The number of fused-ring (bicyclic) bond motifs is 3. The molecule has 7 heteroatoms. The zero-order valence-electron chi connectivity index (χ0n) is 17.6. The molecule has 0 amide bonds. The normalized spacial score (nSPS) is 15.7. The van der Waals surface area contributed by atoms with E-state index in [1.165, 1.54) is 32.7 Å². The van der Waals surface area contributed by atoms with Crippen molar-refractivity contribution in [1.29, 1.82) is 0 Å². The first-order valence-corrected chi connectivity index (χ1v) is 12.3. The summed E-state index contributed by atoms with van der Waals surface area (Å²) < 4.78 is 7.01. The lowest BCUT2D eigenvalue weighted by Gasteiger charge is -2.24. The molecule has 0 aliphatic carbocycles. The summed E-state index contributed by atoms with van der Waals surface area (Å²) >= 11 is 3.19. The number of hydrogen-bond acceptors (Lipinski definition) is 5. The molecule has 158 valence electrons. The molecule has 1 aliphatic heterocycles. The summed E-state index contributed by atoms with van der Waals surface area (Å²) in [5.74, 6) is 0.769. The minimum Gasteiger partial charge on any atom is -0.497 e. The van der Waals surface area contributed by atoms with Gasteiger partial charge < -0.3 is 9.64 Å². The first-order valence-electron chi connectivity index (χ1n) is 10.3. The fraction of sp³-hybridized carbons (Fsp3) is 0.250. The molecule has 0 bridgehead atoms. The van der Waals surface area contributed by atoms with Gasteiger partial charge in [0.1, 0.15) is 23.7 Å².